The third-order valence-corrected chi connectivity index (χ3v) is 2.89. The summed E-state index contributed by atoms with van der Waals surface area (Å²) in [6.07, 6.45) is 0. The number of hydrogen-bond acceptors (Lipinski definition) is 3. The van der Waals surface area contributed by atoms with Crippen molar-refractivity contribution in [3.05, 3.63) is 34.9 Å². The lowest BCUT2D eigenvalue weighted by atomic mass is 10.2. The van der Waals surface area contributed by atoms with E-state index in [9.17, 15) is 9.59 Å². The number of hydrogen-bond donors (Lipinski definition) is 2. The van der Waals surface area contributed by atoms with Crippen LogP contribution in [0.25, 0.3) is 0 Å². The van der Waals surface area contributed by atoms with Gasteiger partial charge in [0.2, 0.25) is 11.8 Å². The van der Waals surface area contributed by atoms with Gasteiger partial charge in [0.05, 0.1) is 13.1 Å². The van der Waals surface area contributed by atoms with Crippen LogP contribution in [-0.2, 0) is 16.1 Å². The minimum Gasteiger partial charge on any atom is -0.353 e. The average molecular weight is 312 g/mol. The van der Waals surface area contributed by atoms with Crippen LogP contribution in [0, 0.1) is 0 Å². The number of nitrogens with zero attached hydrogens (tertiary/aromatic N) is 1. The Morgan fingerprint density at radius 2 is 1.90 bits per heavy atom. The Kier molecular flexibility index (Phi) is 7.19. The van der Waals surface area contributed by atoms with Gasteiger partial charge in [0, 0.05) is 17.6 Å². The molecular formula is C15H22ClN3O2. The number of halogens is 1. The van der Waals surface area contributed by atoms with Crippen molar-refractivity contribution in [1.82, 2.24) is 15.5 Å². The van der Waals surface area contributed by atoms with Gasteiger partial charge in [0.25, 0.3) is 0 Å². The van der Waals surface area contributed by atoms with Crippen molar-refractivity contribution in [1.29, 1.82) is 0 Å². The zero-order valence-corrected chi connectivity index (χ0v) is 13.4. The van der Waals surface area contributed by atoms with E-state index in [1.54, 1.807) is 18.0 Å². The van der Waals surface area contributed by atoms with Gasteiger partial charge in [0.15, 0.2) is 0 Å². The smallest absolute Gasteiger partial charge is 0.234 e. The number of likely N-dealkylation sites (N-methyl/N-ethyl adjacent to an activating group) is 1. The number of rotatable bonds is 7. The maximum absolute atomic E-state index is 11.8. The molecule has 0 aliphatic heterocycles. The Balaban J connectivity index is 2.31. The summed E-state index contributed by atoms with van der Waals surface area (Å²) in [6.45, 7) is 4.59. The van der Waals surface area contributed by atoms with E-state index in [1.807, 2.05) is 32.0 Å². The van der Waals surface area contributed by atoms with Crippen molar-refractivity contribution in [3.8, 4) is 0 Å². The quantitative estimate of drug-likeness (QED) is 0.800. The van der Waals surface area contributed by atoms with Crippen molar-refractivity contribution in [2.45, 2.75) is 26.4 Å². The minimum atomic E-state index is -0.130. The topological polar surface area (TPSA) is 61.4 Å². The minimum absolute atomic E-state index is 0.0878. The summed E-state index contributed by atoms with van der Waals surface area (Å²) in [5, 5.41) is 6.23. The summed E-state index contributed by atoms with van der Waals surface area (Å²) in [7, 11) is 1.73. The first-order valence-electron chi connectivity index (χ1n) is 6.86. The Morgan fingerprint density at radius 1 is 1.24 bits per heavy atom. The van der Waals surface area contributed by atoms with Gasteiger partial charge in [-0.1, -0.05) is 23.7 Å². The van der Waals surface area contributed by atoms with E-state index < -0.39 is 0 Å². The van der Waals surface area contributed by atoms with Crippen LogP contribution in [0.3, 0.4) is 0 Å². The highest BCUT2D eigenvalue weighted by atomic mass is 35.5. The lowest BCUT2D eigenvalue weighted by Crippen LogP contribution is -2.42. The standard InChI is InChI=1S/C15H22ClN3O2/c1-11(2)18-15(21)10-19(3)9-14(20)17-8-12-5-4-6-13(16)7-12/h4-7,11H,8-10H2,1-3H3,(H,17,20)(H,18,21). The summed E-state index contributed by atoms with van der Waals surface area (Å²) in [5.74, 6) is -0.218. The molecule has 0 heterocycles. The second-order valence-corrected chi connectivity index (χ2v) is 5.74. The van der Waals surface area contributed by atoms with E-state index >= 15 is 0 Å². The molecule has 2 amide bonds. The average Bonchev–Trinajstić information content (AvgIpc) is 2.35. The Hall–Kier alpha value is -1.59. The van der Waals surface area contributed by atoms with Crippen LogP contribution >= 0.6 is 11.6 Å². The van der Waals surface area contributed by atoms with Gasteiger partial charge < -0.3 is 10.6 Å². The summed E-state index contributed by atoms with van der Waals surface area (Å²) in [5.41, 5.74) is 0.941. The molecule has 1 rings (SSSR count). The van der Waals surface area contributed by atoms with Gasteiger partial charge in [-0.3, -0.25) is 14.5 Å². The van der Waals surface area contributed by atoms with E-state index in [0.717, 1.165) is 5.56 Å². The van der Waals surface area contributed by atoms with Gasteiger partial charge in [-0.25, -0.2) is 0 Å². The zero-order valence-electron chi connectivity index (χ0n) is 12.6. The van der Waals surface area contributed by atoms with Crippen molar-refractivity contribution in [2.24, 2.45) is 0 Å². The summed E-state index contributed by atoms with van der Waals surface area (Å²) < 4.78 is 0. The van der Waals surface area contributed by atoms with Crippen LogP contribution < -0.4 is 10.6 Å². The van der Waals surface area contributed by atoms with Gasteiger partial charge in [-0.15, -0.1) is 0 Å². The molecule has 21 heavy (non-hydrogen) atoms. The highest BCUT2D eigenvalue weighted by Gasteiger charge is 2.11. The highest BCUT2D eigenvalue weighted by molar-refractivity contribution is 6.30. The Labute approximate surface area is 130 Å². The SMILES string of the molecule is CC(C)NC(=O)CN(C)CC(=O)NCc1cccc(Cl)c1. The number of benzene rings is 1. The van der Waals surface area contributed by atoms with Gasteiger partial charge in [-0.05, 0) is 38.6 Å². The molecule has 0 aromatic heterocycles. The number of carbonyl (C=O) groups is 2. The summed E-state index contributed by atoms with van der Waals surface area (Å²) in [4.78, 5) is 25.0. The van der Waals surface area contributed by atoms with Crippen LogP contribution in [0.5, 0.6) is 0 Å². The Morgan fingerprint density at radius 3 is 2.52 bits per heavy atom. The normalized spacial score (nSPS) is 10.8. The molecule has 2 N–H and O–H groups in total. The first-order valence-corrected chi connectivity index (χ1v) is 7.23. The summed E-state index contributed by atoms with van der Waals surface area (Å²) in [6, 6.07) is 7.43. The fourth-order valence-corrected chi connectivity index (χ4v) is 2.03. The van der Waals surface area contributed by atoms with Gasteiger partial charge in [-0.2, -0.15) is 0 Å². The number of amides is 2. The fraction of sp³-hybridized carbons (Fsp3) is 0.467. The van der Waals surface area contributed by atoms with Crippen LogP contribution in [0.2, 0.25) is 5.02 Å². The molecule has 0 atom stereocenters. The van der Waals surface area contributed by atoms with E-state index in [-0.39, 0.29) is 30.9 Å². The number of nitrogens with one attached hydrogen (secondary N) is 2. The molecule has 0 radical (unpaired) electrons. The molecule has 1 aromatic rings. The molecule has 0 bridgehead atoms. The molecule has 0 saturated carbocycles. The van der Waals surface area contributed by atoms with Gasteiger partial charge >= 0.3 is 0 Å². The van der Waals surface area contributed by atoms with Crippen molar-refractivity contribution < 1.29 is 9.59 Å². The predicted molar refractivity (Wildman–Crippen MR) is 84.1 cm³/mol. The molecule has 6 heteroatoms. The third kappa shape index (κ3) is 7.68. The maximum Gasteiger partial charge on any atom is 0.234 e. The monoisotopic (exact) mass is 311 g/mol. The van der Waals surface area contributed by atoms with Crippen LogP contribution in [0.15, 0.2) is 24.3 Å². The molecule has 0 aliphatic rings. The van der Waals surface area contributed by atoms with E-state index in [0.29, 0.717) is 11.6 Å². The van der Waals surface area contributed by atoms with Crippen LogP contribution in [0.4, 0.5) is 0 Å². The maximum atomic E-state index is 11.8. The van der Waals surface area contributed by atoms with Crippen LogP contribution in [-0.4, -0.2) is 42.9 Å². The number of carbonyl (C=O) groups excluding carboxylic acids is 2. The van der Waals surface area contributed by atoms with Crippen molar-refractivity contribution in [2.75, 3.05) is 20.1 Å². The van der Waals surface area contributed by atoms with E-state index in [4.69, 9.17) is 11.6 Å². The molecule has 116 valence electrons. The first-order chi connectivity index (χ1) is 9.86. The van der Waals surface area contributed by atoms with Gasteiger partial charge in [0.1, 0.15) is 0 Å². The second kappa shape index (κ2) is 8.64. The predicted octanol–water partition coefficient (Wildman–Crippen LogP) is 1.41. The van der Waals surface area contributed by atoms with Crippen molar-refractivity contribution in [3.63, 3.8) is 0 Å². The largest absolute Gasteiger partial charge is 0.353 e. The second-order valence-electron chi connectivity index (χ2n) is 5.30. The molecular weight excluding hydrogens is 290 g/mol. The highest BCUT2D eigenvalue weighted by Crippen LogP contribution is 2.10. The van der Waals surface area contributed by atoms with Crippen molar-refractivity contribution >= 4 is 23.4 Å². The Bertz CT molecular complexity index is 492. The molecule has 1 aromatic carbocycles. The summed E-state index contributed by atoms with van der Waals surface area (Å²) >= 11 is 5.88. The molecule has 5 nitrogen and oxygen atoms in total. The molecule has 0 spiro atoms. The van der Waals surface area contributed by atoms with E-state index in [2.05, 4.69) is 10.6 Å². The van der Waals surface area contributed by atoms with Crippen LogP contribution in [0.1, 0.15) is 19.4 Å². The molecule has 0 fully saturated rings. The third-order valence-electron chi connectivity index (χ3n) is 2.66. The first kappa shape index (κ1) is 17.5. The molecule has 0 unspecified atom stereocenters. The lowest BCUT2D eigenvalue weighted by Gasteiger charge is -2.17. The fourth-order valence-electron chi connectivity index (χ4n) is 1.82. The van der Waals surface area contributed by atoms with E-state index in [1.165, 1.54) is 0 Å². The molecule has 0 saturated heterocycles. The zero-order chi connectivity index (χ0) is 15.8. The molecule has 0 aliphatic carbocycles. The lowest BCUT2D eigenvalue weighted by molar-refractivity contribution is -0.124.